The van der Waals surface area contributed by atoms with Crippen LogP contribution in [0.3, 0.4) is 0 Å². The van der Waals surface area contributed by atoms with Crippen molar-refractivity contribution < 1.29 is 13.3 Å². The lowest BCUT2D eigenvalue weighted by molar-refractivity contribution is -0.384. The zero-order valence-electron chi connectivity index (χ0n) is 11.4. The van der Waals surface area contributed by atoms with Crippen molar-refractivity contribution in [1.29, 1.82) is 0 Å². The van der Waals surface area contributed by atoms with E-state index in [2.05, 4.69) is 11.4 Å². The van der Waals surface area contributed by atoms with Gasteiger partial charge in [-0.1, -0.05) is 11.6 Å². The van der Waals surface area contributed by atoms with Crippen molar-refractivity contribution in [2.75, 3.05) is 11.9 Å². The Labute approximate surface area is 123 Å². The molecule has 1 aliphatic rings. The van der Waals surface area contributed by atoms with Crippen LogP contribution >= 0.6 is 0 Å². The second kappa shape index (κ2) is 6.23. The Morgan fingerprint density at radius 3 is 2.71 bits per heavy atom. The molecule has 0 unspecified atom stereocenters. The molecule has 0 spiro atoms. The minimum absolute atomic E-state index is 0.131. The second-order valence-electron chi connectivity index (χ2n) is 4.91. The fraction of sp³-hybridized carbons (Fsp3) is 0.385. The van der Waals surface area contributed by atoms with Gasteiger partial charge in [0.25, 0.3) is 5.69 Å². The predicted octanol–water partition coefficient (Wildman–Crippen LogP) is 2.15. The molecule has 7 nitrogen and oxygen atoms in total. The maximum absolute atomic E-state index is 11.5. The van der Waals surface area contributed by atoms with Crippen LogP contribution in [0.5, 0.6) is 0 Å². The van der Waals surface area contributed by atoms with E-state index < -0.39 is 14.9 Å². The van der Waals surface area contributed by atoms with Gasteiger partial charge in [-0.2, -0.15) is 0 Å². The highest BCUT2D eigenvalue weighted by Crippen LogP contribution is 2.26. The fourth-order valence-electron chi connectivity index (χ4n) is 2.34. The van der Waals surface area contributed by atoms with Crippen molar-refractivity contribution in [3.63, 3.8) is 0 Å². The van der Waals surface area contributed by atoms with E-state index in [1.165, 1.54) is 11.6 Å². The largest absolute Gasteiger partial charge is 0.383 e. The maximum atomic E-state index is 11.5. The summed E-state index contributed by atoms with van der Waals surface area (Å²) in [5.41, 5.74) is 1.32. The maximum Gasteiger partial charge on any atom is 0.271 e. The predicted molar refractivity (Wildman–Crippen MR) is 79.5 cm³/mol. The second-order valence-corrected chi connectivity index (χ2v) is 6.44. The van der Waals surface area contributed by atoms with E-state index in [9.17, 15) is 18.5 Å². The topological polar surface area (TPSA) is 115 Å². The summed E-state index contributed by atoms with van der Waals surface area (Å²) in [7, 11) is -3.93. The Balaban J connectivity index is 2.17. The number of rotatable bonds is 6. The van der Waals surface area contributed by atoms with Gasteiger partial charge in [0, 0.05) is 18.7 Å². The average molecular weight is 311 g/mol. The molecule has 0 atom stereocenters. The number of hydrogen-bond acceptors (Lipinski definition) is 5. The van der Waals surface area contributed by atoms with Gasteiger partial charge in [0.1, 0.15) is 4.90 Å². The van der Waals surface area contributed by atoms with E-state index in [1.54, 1.807) is 0 Å². The van der Waals surface area contributed by atoms with Crippen LogP contribution in [0.1, 0.15) is 25.7 Å². The Bertz CT molecular complexity index is 683. The first-order valence-electron chi connectivity index (χ1n) is 6.61. The molecule has 0 aliphatic heterocycles. The highest BCUT2D eigenvalue weighted by atomic mass is 32.2. The Morgan fingerprint density at radius 1 is 1.38 bits per heavy atom. The summed E-state index contributed by atoms with van der Waals surface area (Å²) in [6, 6.07) is 3.48. The van der Waals surface area contributed by atoms with Crippen LogP contribution in [0.15, 0.2) is 34.7 Å². The van der Waals surface area contributed by atoms with Gasteiger partial charge in [-0.25, -0.2) is 13.6 Å². The third kappa shape index (κ3) is 4.02. The lowest BCUT2D eigenvalue weighted by atomic mass is 10.1. The molecule has 1 aliphatic carbocycles. The third-order valence-corrected chi connectivity index (χ3v) is 4.35. The Morgan fingerprint density at radius 2 is 2.14 bits per heavy atom. The van der Waals surface area contributed by atoms with E-state index in [-0.39, 0.29) is 16.3 Å². The first-order valence-corrected chi connectivity index (χ1v) is 8.15. The number of benzene rings is 1. The number of anilines is 1. The molecule has 114 valence electrons. The SMILES string of the molecule is NS(=O)(=O)c1ccc([N+](=O)[O-])cc1NCCC1=CCCC1. The standard InChI is InChI=1S/C13H17N3O4S/c14-21(19,20)13-6-5-11(16(17)18)9-12(13)15-8-7-10-3-1-2-4-10/h3,5-6,9,15H,1-2,4,7-8H2,(H2,14,19,20). The van der Waals surface area contributed by atoms with Crippen LogP contribution in [0.4, 0.5) is 11.4 Å². The minimum atomic E-state index is -3.93. The van der Waals surface area contributed by atoms with Gasteiger partial charge in [0.05, 0.1) is 10.6 Å². The first-order chi connectivity index (χ1) is 9.88. The van der Waals surface area contributed by atoms with Crippen LogP contribution in [-0.4, -0.2) is 19.9 Å². The molecule has 8 heteroatoms. The number of non-ortho nitro benzene ring substituents is 1. The lowest BCUT2D eigenvalue weighted by Crippen LogP contribution is -2.15. The van der Waals surface area contributed by atoms with Gasteiger partial charge in [0.15, 0.2) is 0 Å². The summed E-state index contributed by atoms with van der Waals surface area (Å²) in [6.07, 6.45) is 6.24. The number of primary sulfonamides is 1. The number of nitro groups is 1. The van der Waals surface area contributed by atoms with Crippen molar-refractivity contribution in [3.8, 4) is 0 Å². The molecular formula is C13H17N3O4S. The number of allylic oxidation sites excluding steroid dienone is 1. The van der Waals surface area contributed by atoms with Crippen LogP contribution < -0.4 is 10.5 Å². The van der Waals surface area contributed by atoms with Gasteiger partial charge in [-0.15, -0.1) is 0 Å². The lowest BCUT2D eigenvalue weighted by Gasteiger charge is -2.11. The van der Waals surface area contributed by atoms with Gasteiger partial charge in [-0.05, 0) is 31.7 Å². The van der Waals surface area contributed by atoms with Crippen LogP contribution in [0.25, 0.3) is 0 Å². The molecule has 21 heavy (non-hydrogen) atoms. The monoisotopic (exact) mass is 311 g/mol. The molecule has 1 aromatic carbocycles. The molecule has 0 radical (unpaired) electrons. The summed E-state index contributed by atoms with van der Waals surface area (Å²) < 4.78 is 23.0. The Hall–Kier alpha value is -1.93. The highest BCUT2D eigenvalue weighted by molar-refractivity contribution is 7.89. The normalized spacial score (nSPS) is 14.8. The fourth-order valence-corrected chi connectivity index (χ4v) is 3.04. The van der Waals surface area contributed by atoms with Gasteiger partial charge in [-0.3, -0.25) is 10.1 Å². The number of nitrogens with one attached hydrogen (secondary N) is 1. The van der Waals surface area contributed by atoms with E-state index >= 15 is 0 Å². The van der Waals surface area contributed by atoms with Crippen molar-refractivity contribution in [1.82, 2.24) is 0 Å². The van der Waals surface area contributed by atoms with Crippen molar-refractivity contribution in [2.45, 2.75) is 30.6 Å². The number of hydrogen-bond donors (Lipinski definition) is 2. The van der Waals surface area contributed by atoms with E-state index in [4.69, 9.17) is 5.14 Å². The third-order valence-electron chi connectivity index (χ3n) is 3.38. The summed E-state index contributed by atoms with van der Waals surface area (Å²) in [5.74, 6) is 0. The van der Waals surface area contributed by atoms with Crippen molar-refractivity contribution >= 4 is 21.4 Å². The first kappa shape index (κ1) is 15.5. The summed E-state index contributed by atoms with van der Waals surface area (Å²) >= 11 is 0. The van der Waals surface area contributed by atoms with Crippen LogP contribution in [0.2, 0.25) is 0 Å². The quantitative estimate of drug-likeness (QED) is 0.474. The van der Waals surface area contributed by atoms with E-state index in [0.717, 1.165) is 37.8 Å². The zero-order valence-corrected chi connectivity index (χ0v) is 12.2. The average Bonchev–Trinajstić information content (AvgIpc) is 2.90. The molecule has 3 N–H and O–H groups in total. The smallest absolute Gasteiger partial charge is 0.271 e. The van der Waals surface area contributed by atoms with Gasteiger partial charge in [0.2, 0.25) is 10.0 Å². The summed E-state index contributed by atoms with van der Waals surface area (Å²) in [4.78, 5) is 10.1. The summed E-state index contributed by atoms with van der Waals surface area (Å²) in [5, 5.41) is 18.9. The molecule has 0 fully saturated rings. The molecule has 2 rings (SSSR count). The number of nitrogens with zero attached hydrogens (tertiary/aromatic N) is 1. The molecule has 1 aromatic rings. The van der Waals surface area contributed by atoms with E-state index in [0.29, 0.717) is 6.54 Å². The molecule has 0 amide bonds. The zero-order chi connectivity index (χ0) is 15.5. The van der Waals surface area contributed by atoms with E-state index in [1.807, 2.05) is 0 Å². The number of sulfonamides is 1. The Kier molecular flexibility index (Phi) is 4.59. The molecule has 0 aromatic heterocycles. The van der Waals surface area contributed by atoms with Crippen molar-refractivity contribution in [2.24, 2.45) is 5.14 Å². The molecule has 0 saturated heterocycles. The van der Waals surface area contributed by atoms with Crippen molar-refractivity contribution in [3.05, 3.63) is 40.0 Å². The number of nitro benzene ring substituents is 1. The van der Waals surface area contributed by atoms with Crippen LogP contribution in [0, 0.1) is 10.1 Å². The molecular weight excluding hydrogens is 294 g/mol. The number of nitrogens with two attached hydrogens (primary N) is 1. The summed E-state index contributed by atoms with van der Waals surface area (Å²) in [6.45, 7) is 0.509. The van der Waals surface area contributed by atoms with Gasteiger partial charge < -0.3 is 5.32 Å². The van der Waals surface area contributed by atoms with Crippen LogP contribution in [-0.2, 0) is 10.0 Å². The highest BCUT2D eigenvalue weighted by Gasteiger charge is 2.18. The molecule has 0 heterocycles. The van der Waals surface area contributed by atoms with Gasteiger partial charge >= 0.3 is 0 Å². The minimum Gasteiger partial charge on any atom is -0.383 e. The molecule has 0 bridgehead atoms. The molecule has 0 saturated carbocycles.